The predicted molar refractivity (Wildman–Crippen MR) is 178 cm³/mol. The Morgan fingerprint density at radius 3 is 1.34 bits per heavy atom. The Kier molecular flexibility index (Phi) is 29.5. The number of carboxylic acid groups (broad SMARTS) is 2. The Balaban J connectivity index is 3.45. The predicted octanol–water partition coefficient (Wildman–Crippen LogP) is 4.30. The molecule has 13 heteroatoms. The summed E-state index contributed by atoms with van der Waals surface area (Å²) >= 11 is 0. The van der Waals surface area contributed by atoms with E-state index in [2.05, 4.69) is 16.0 Å². The fraction of sp³-hybridized carbons (Fsp3) is 0.824. The minimum atomic E-state index is -1.22. The van der Waals surface area contributed by atoms with Gasteiger partial charge in [-0.2, -0.15) is 0 Å². The molecule has 0 bridgehead atoms. The van der Waals surface area contributed by atoms with Gasteiger partial charge in [-0.05, 0) is 26.2 Å². The lowest BCUT2D eigenvalue weighted by Crippen LogP contribution is -2.41. The van der Waals surface area contributed by atoms with Crippen molar-refractivity contribution < 1.29 is 48.5 Å². The number of hydrogen-bond acceptors (Lipinski definition) is 8. The number of ketones is 1. The van der Waals surface area contributed by atoms with Crippen LogP contribution >= 0.6 is 0 Å². The van der Waals surface area contributed by atoms with Crippen LogP contribution in [-0.2, 0) is 38.2 Å². The zero-order valence-corrected chi connectivity index (χ0v) is 28.6. The van der Waals surface area contributed by atoms with Crippen LogP contribution in [-0.4, -0.2) is 91.2 Å². The number of carboxylic acids is 2. The maximum atomic E-state index is 12.0. The van der Waals surface area contributed by atoms with Crippen LogP contribution in [0.1, 0.15) is 135 Å². The third kappa shape index (κ3) is 32.7. The molecule has 0 fully saturated rings. The molecule has 0 aromatic rings. The van der Waals surface area contributed by atoms with Crippen molar-refractivity contribution >= 4 is 35.4 Å². The molecule has 0 aromatic carbocycles. The van der Waals surface area contributed by atoms with Crippen molar-refractivity contribution in [2.24, 2.45) is 0 Å². The van der Waals surface area contributed by atoms with Crippen molar-refractivity contribution in [3.05, 3.63) is 0 Å². The van der Waals surface area contributed by atoms with E-state index < -0.39 is 23.9 Å². The van der Waals surface area contributed by atoms with Gasteiger partial charge in [-0.15, -0.1) is 0 Å². The van der Waals surface area contributed by atoms with E-state index in [1.165, 1.54) is 58.3 Å². The Labute approximate surface area is 280 Å². The molecule has 47 heavy (non-hydrogen) atoms. The average Bonchev–Trinajstić information content (AvgIpc) is 3.02. The lowest BCUT2D eigenvalue weighted by atomic mass is 10.0. The van der Waals surface area contributed by atoms with Gasteiger partial charge in [-0.25, -0.2) is 4.79 Å². The smallest absolute Gasteiger partial charge is 0.326 e. The van der Waals surface area contributed by atoms with Crippen LogP contribution in [0, 0.1) is 0 Å². The van der Waals surface area contributed by atoms with Gasteiger partial charge in [0.1, 0.15) is 11.8 Å². The van der Waals surface area contributed by atoms with E-state index in [4.69, 9.17) is 19.7 Å². The van der Waals surface area contributed by atoms with Crippen molar-refractivity contribution in [2.75, 3.05) is 39.5 Å². The number of carbonyl (C=O) groups excluding carboxylic acids is 4. The fourth-order valence-corrected chi connectivity index (χ4v) is 4.81. The van der Waals surface area contributed by atoms with E-state index in [0.717, 1.165) is 38.5 Å². The third-order valence-corrected chi connectivity index (χ3v) is 7.55. The molecule has 13 nitrogen and oxygen atoms in total. The molecule has 0 aliphatic rings. The lowest BCUT2D eigenvalue weighted by molar-refractivity contribution is -0.142. The summed E-state index contributed by atoms with van der Waals surface area (Å²) in [7, 11) is 0. The zero-order valence-electron chi connectivity index (χ0n) is 28.6. The topological polar surface area (TPSA) is 197 Å². The maximum Gasteiger partial charge on any atom is 0.326 e. The SMILES string of the molecule is CC(=O)CC[C@H](NC(=O)CCC(=O)NCCOCCOCCNC(=O)CCCCCCCCCCCCCCCCC(=O)O)C(=O)O. The maximum absolute atomic E-state index is 12.0. The first-order chi connectivity index (χ1) is 22.6. The quantitative estimate of drug-likeness (QED) is 0.0615. The molecule has 0 unspecified atom stereocenters. The number of Topliss-reactive ketones (excluding diaryl/α,β-unsaturated/α-hetero) is 1. The van der Waals surface area contributed by atoms with Gasteiger partial charge in [0.25, 0.3) is 0 Å². The molecule has 0 aliphatic heterocycles. The van der Waals surface area contributed by atoms with Crippen molar-refractivity contribution in [2.45, 2.75) is 141 Å². The molecule has 0 heterocycles. The van der Waals surface area contributed by atoms with E-state index in [1.807, 2.05) is 0 Å². The van der Waals surface area contributed by atoms with E-state index in [1.54, 1.807) is 0 Å². The summed E-state index contributed by atoms with van der Waals surface area (Å²) in [6, 6.07) is -1.16. The summed E-state index contributed by atoms with van der Waals surface area (Å²) in [4.78, 5) is 68.5. The molecule has 1 atom stereocenters. The zero-order chi connectivity index (χ0) is 35.0. The van der Waals surface area contributed by atoms with Crippen LogP contribution in [0.5, 0.6) is 0 Å². The summed E-state index contributed by atoms with van der Waals surface area (Å²) in [6.45, 7) is 3.39. The van der Waals surface area contributed by atoms with Crippen molar-refractivity contribution in [3.8, 4) is 0 Å². The minimum Gasteiger partial charge on any atom is -0.481 e. The second-order valence-corrected chi connectivity index (χ2v) is 12.0. The molecule has 3 amide bonds. The van der Waals surface area contributed by atoms with Crippen LogP contribution in [0.15, 0.2) is 0 Å². The van der Waals surface area contributed by atoms with Gasteiger partial charge in [0, 0.05) is 45.2 Å². The normalized spacial score (nSPS) is 11.5. The van der Waals surface area contributed by atoms with Gasteiger partial charge >= 0.3 is 11.9 Å². The highest BCUT2D eigenvalue weighted by Crippen LogP contribution is 2.13. The number of carbonyl (C=O) groups is 6. The Morgan fingerprint density at radius 2 is 0.915 bits per heavy atom. The Bertz CT molecular complexity index is 884. The van der Waals surface area contributed by atoms with Gasteiger partial charge in [-0.3, -0.25) is 19.2 Å². The fourth-order valence-electron chi connectivity index (χ4n) is 4.81. The molecular formula is C34H61N3O10. The molecule has 272 valence electrons. The first-order valence-corrected chi connectivity index (χ1v) is 17.5. The highest BCUT2D eigenvalue weighted by molar-refractivity contribution is 5.87. The highest BCUT2D eigenvalue weighted by Gasteiger charge is 2.20. The van der Waals surface area contributed by atoms with E-state index >= 15 is 0 Å². The molecular weight excluding hydrogens is 610 g/mol. The van der Waals surface area contributed by atoms with Crippen LogP contribution in [0.25, 0.3) is 0 Å². The first-order valence-electron chi connectivity index (χ1n) is 17.5. The monoisotopic (exact) mass is 671 g/mol. The molecule has 0 saturated heterocycles. The minimum absolute atomic E-state index is 0.00434. The number of aliphatic carboxylic acids is 2. The van der Waals surface area contributed by atoms with E-state index in [0.29, 0.717) is 39.2 Å². The Hall–Kier alpha value is -3.06. The van der Waals surface area contributed by atoms with Gasteiger partial charge in [-0.1, -0.05) is 77.0 Å². The standard InChI is InChI=1S/C34H61N3O10/c1-28(38)18-19-29(34(44)45)37-32(41)21-20-31(40)36-23-25-47-27-26-46-24-22-35-30(39)16-14-12-10-8-6-4-2-3-5-7-9-11-13-15-17-33(42)43/h29H,2-27H2,1H3,(H,35,39)(H,36,40)(H,37,41)(H,42,43)(H,44,45)/t29-/m0/s1. The van der Waals surface area contributed by atoms with Crippen LogP contribution in [0.3, 0.4) is 0 Å². The van der Waals surface area contributed by atoms with Crippen molar-refractivity contribution in [3.63, 3.8) is 0 Å². The molecule has 0 spiro atoms. The molecule has 5 N–H and O–H groups in total. The number of rotatable bonds is 34. The average molecular weight is 672 g/mol. The van der Waals surface area contributed by atoms with Gasteiger partial charge in [0.2, 0.25) is 17.7 Å². The second-order valence-electron chi connectivity index (χ2n) is 12.0. The summed E-state index contributed by atoms with van der Waals surface area (Å²) in [5, 5.41) is 25.6. The molecule has 0 saturated carbocycles. The Morgan fingerprint density at radius 1 is 0.511 bits per heavy atom. The van der Waals surface area contributed by atoms with Gasteiger partial charge in [0.15, 0.2) is 0 Å². The number of ether oxygens (including phenoxy) is 2. The number of nitrogens with one attached hydrogen (secondary N) is 3. The van der Waals surface area contributed by atoms with Crippen LogP contribution in [0.4, 0.5) is 0 Å². The summed E-state index contributed by atoms with van der Waals surface area (Å²) in [5.74, 6) is -2.98. The molecule has 0 radical (unpaired) electrons. The second kappa shape index (κ2) is 31.5. The van der Waals surface area contributed by atoms with Crippen LogP contribution in [0.2, 0.25) is 0 Å². The van der Waals surface area contributed by atoms with Crippen molar-refractivity contribution in [1.29, 1.82) is 0 Å². The largest absolute Gasteiger partial charge is 0.481 e. The molecule has 0 aromatic heterocycles. The number of hydrogen-bond donors (Lipinski definition) is 5. The van der Waals surface area contributed by atoms with Crippen molar-refractivity contribution in [1.82, 2.24) is 16.0 Å². The highest BCUT2D eigenvalue weighted by atomic mass is 16.5. The van der Waals surface area contributed by atoms with Gasteiger partial charge in [0.05, 0.1) is 26.4 Å². The van der Waals surface area contributed by atoms with Crippen LogP contribution < -0.4 is 16.0 Å². The summed E-state index contributed by atoms with van der Waals surface area (Å²) in [5.41, 5.74) is 0. The van der Waals surface area contributed by atoms with E-state index in [-0.39, 0.29) is 56.4 Å². The first kappa shape index (κ1) is 43.9. The lowest BCUT2D eigenvalue weighted by Gasteiger charge is -2.13. The molecule has 0 rings (SSSR count). The van der Waals surface area contributed by atoms with Gasteiger partial charge < -0.3 is 40.4 Å². The number of unbranched alkanes of at least 4 members (excludes halogenated alkanes) is 13. The number of amides is 3. The molecule has 0 aliphatic carbocycles. The third-order valence-electron chi connectivity index (χ3n) is 7.55. The van der Waals surface area contributed by atoms with E-state index in [9.17, 15) is 28.8 Å². The summed E-state index contributed by atoms with van der Waals surface area (Å²) < 4.78 is 10.8. The summed E-state index contributed by atoms with van der Waals surface area (Å²) in [6.07, 6.45) is 16.7.